The van der Waals surface area contributed by atoms with Crippen molar-refractivity contribution in [3.05, 3.63) is 72.8 Å². The molecule has 0 atom stereocenters. The second-order valence-corrected chi connectivity index (χ2v) is 7.85. The van der Waals surface area contributed by atoms with Gasteiger partial charge in [-0.15, -0.1) is 0 Å². The van der Waals surface area contributed by atoms with E-state index in [0.717, 1.165) is 0 Å². The SMILES string of the molecule is O=C([O-])C(F)(F)F.O=C([O-])C(F)(F)F.O=C([O-])C(F)(F)F.O=C([O-])C(F)(F)F.[Rh+2].[Rh+2].c1ccc2cc3c(ccc4ccccc43)cc2c1. The van der Waals surface area contributed by atoms with Crippen LogP contribution in [0.25, 0.3) is 32.3 Å². The van der Waals surface area contributed by atoms with Gasteiger partial charge in [0.2, 0.25) is 0 Å². The number of alkyl halides is 12. The Kier molecular flexibility index (Phi) is 19.8. The van der Waals surface area contributed by atoms with E-state index in [1.54, 1.807) is 0 Å². The number of hydrogen-bond donors (Lipinski definition) is 0. The van der Waals surface area contributed by atoms with E-state index in [0.29, 0.717) is 0 Å². The van der Waals surface area contributed by atoms with Crippen LogP contribution in [0.15, 0.2) is 72.8 Å². The van der Waals surface area contributed by atoms with Crippen LogP contribution in [0.4, 0.5) is 52.7 Å². The van der Waals surface area contributed by atoms with Crippen molar-refractivity contribution in [2.75, 3.05) is 0 Å². The van der Waals surface area contributed by atoms with Crippen LogP contribution in [0.1, 0.15) is 0 Å². The van der Waals surface area contributed by atoms with E-state index in [2.05, 4.69) is 72.8 Å². The molecule has 0 saturated heterocycles. The second kappa shape index (κ2) is 19.7. The molecule has 22 heteroatoms. The Morgan fingerprint density at radius 1 is 0.375 bits per heavy atom. The number of carboxylic acid groups (broad SMARTS) is 4. The molecule has 0 aliphatic rings. The fourth-order valence-corrected chi connectivity index (χ4v) is 2.70. The Balaban J connectivity index is -0.000000578. The van der Waals surface area contributed by atoms with Crippen molar-refractivity contribution in [1.82, 2.24) is 0 Å². The average molecular weight is 886 g/mol. The minimum absolute atomic E-state index is 0. The summed E-state index contributed by atoms with van der Waals surface area (Å²) in [6, 6.07) is 26.1. The molecule has 4 aromatic rings. The number of benzene rings is 4. The largest absolute Gasteiger partial charge is 2.00 e. The van der Waals surface area contributed by atoms with E-state index >= 15 is 0 Å². The van der Waals surface area contributed by atoms with Crippen molar-refractivity contribution in [2.24, 2.45) is 0 Å². The predicted octanol–water partition coefficient (Wildman–Crippen LogP) is 2.34. The fourth-order valence-electron chi connectivity index (χ4n) is 2.70. The number of hydrogen-bond acceptors (Lipinski definition) is 8. The monoisotopic (exact) mass is 886 g/mol. The van der Waals surface area contributed by atoms with Gasteiger partial charge in [0.15, 0.2) is 0 Å². The summed E-state index contributed by atoms with van der Waals surface area (Å²) in [4.78, 5) is 35.1. The summed E-state index contributed by atoms with van der Waals surface area (Å²) in [5.74, 6) is -12.0. The zero-order valence-corrected chi connectivity index (χ0v) is 25.7. The Morgan fingerprint density at radius 3 is 0.938 bits per heavy atom. The van der Waals surface area contributed by atoms with Crippen LogP contribution >= 0.6 is 0 Å². The maximum absolute atomic E-state index is 10.5. The zero-order valence-electron chi connectivity index (χ0n) is 22.4. The summed E-state index contributed by atoms with van der Waals surface area (Å²) in [5.41, 5.74) is 0. The zero-order chi connectivity index (χ0) is 36.3. The van der Waals surface area contributed by atoms with E-state index in [-0.39, 0.29) is 39.0 Å². The van der Waals surface area contributed by atoms with Gasteiger partial charge in [-0.05, 0) is 44.5 Å². The standard InChI is InChI=1S/C18H12.4C2HF3O2.2Rh/c1-2-7-15-12-18-16(11-14(15)6-1)10-9-13-5-3-4-8-17(13)18;4*3-2(4,5)1(6)7;;/h1-12H;4*(H,6,7);;/q;;;;;2*+2/p-4. The van der Waals surface area contributed by atoms with E-state index in [1.165, 1.54) is 32.3 Å². The van der Waals surface area contributed by atoms with E-state index < -0.39 is 48.6 Å². The minimum Gasteiger partial charge on any atom is -0.542 e. The maximum atomic E-state index is 10.5. The third-order valence-corrected chi connectivity index (χ3v) is 4.54. The van der Waals surface area contributed by atoms with Crippen LogP contribution in [-0.4, -0.2) is 48.6 Å². The number of rotatable bonds is 0. The molecule has 0 N–H and O–H groups in total. The molecular formula is C26H12F12O8Rh2. The first-order valence-corrected chi connectivity index (χ1v) is 11.1. The predicted molar refractivity (Wildman–Crippen MR) is 123 cm³/mol. The van der Waals surface area contributed by atoms with Crippen LogP contribution in [0.5, 0.6) is 0 Å². The first-order chi connectivity index (χ1) is 20.7. The summed E-state index contributed by atoms with van der Waals surface area (Å²) in [6.07, 6.45) is -20.8. The summed E-state index contributed by atoms with van der Waals surface area (Å²) in [7, 11) is 0. The van der Waals surface area contributed by atoms with Gasteiger partial charge in [-0.1, -0.05) is 60.7 Å². The van der Waals surface area contributed by atoms with Gasteiger partial charge in [-0.25, -0.2) is 0 Å². The first kappa shape index (κ1) is 48.3. The van der Waals surface area contributed by atoms with Gasteiger partial charge in [0.25, 0.3) is 0 Å². The molecule has 266 valence electrons. The molecule has 4 aromatic carbocycles. The van der Waals surface area contributed by atoms with E-state index in [4.69, 9.17) is 39.6 Å². The molecule has 0 aliphatic heterocycles. The van der Waals surface area contributed by atoms with Crippen LogP contribution in [0.3, 0.4) is 0 Å². The van der Waals surface area contributed by atoms with Crippen molar-refractivity contribution in [3.63, 3.8) is 0 Å². The summed E-state index contributed by atoms with van der Waals surface area (Å²) < 4.78 is 126. The van der Waals surface area contributed by atoms with Crippen molar-refractivity contribution < 1.29 is 131 Å². The molecule has 0 bridgehead atoms. The summed E-state index contributed by atoms with van der Waals surface area (Å²) in [5, 5.41) is 43.0. The quantitative estimate of drug-likeness (QED) is 0.113. The van der Waals surface area contributed by atoms with Crippen LogP contribution < -0.4 is 20.4 Å². The van der Waals surface area contributed by atoms with Crippen LogP contribution in [0.2, 0.25) is 0 Å². The van der Waals surface area contributed by atoms with Gasteiger partial charge < -0.3 is 39.6 Å². The maximum Gasteiger partial charge on any atom is 2.00 e. The number of carbonyl (C=O) groups excluding carboxylic acids is 4. The van der Waals surface area contributed by atoms with Gasteiger partial charge in [0, 0.05) is 0 Å². The van der Waals surface area contributed by atoms with Crippen molar-refractivity contribution in [3.8, 4) is 0 Å². The number of halogens is 12. The molecule has 0 heterocycles. The van der Waals surface area contributed by atoms with Gasteiger partial charge >= 0.3 is 63.7 Å². The average Bonchev–Trinajstić information content (AvgIpc) is 2.91. The van der Waals surface area contributed by atoms with E-state index in [1.807, 2.05) is 0 Å². The topological polar surface area (TPSA) is 161 Å². The Bertz CT molecular complexity index is 1570. The molecule has 48 heavy (non-hydrogen) atoms. The minimum atomic E-state index is -5.19. The van der Waals surface area contributed by atoms with Gasteiger partial charge in [0.1, 0.15) is 23.9 Å². The molecule has 0 amide bonds. The second-order valence-electron chi connectivity index (χ2n) is 7.85. The number of carboxylic acids is 4. The summed E-state index contributed by atoms with van der Waals surface area (Å²) >= 11 is 0. The van der Waals surface area contributed by atoms with Gasteiger partial charge in [-0.2, -0.15) is 52.7 Å². The Hall–Kier alpha value is -4.05. The van der Waals surface area contributed by atoms with Crippen molar-refractivity contribution in [1.29, 1.82) is 0 Å². The molecule has 2 radical (unpaired) electrons. The smallest absolute Gasteiger partial charge is 0.542 e. The molecule has 0 aromatic heterocycles. The third kappa shape index (κ3) is 17.7. The third-order valence-electron chi connectivity index (χ3n) is 4.54. The number of carbonyl (C=O) groups is 4. The molecular weight excluding hydrogens is 874 g/mol. The van der Waals surface area contributed by atoms with Crippen molar-refractivity contribution >= 4 is 56.2 Å². The Morgan fingerprint density at radius 2 is 0.625 bits per heavy atom. The number of aliphatic carboxylic acids is 4. The summed E-state index contributed by atoms with van der Waals surface area (Å²) in [6.45, 7) is 0. The molecule has 0 saturated carbocycles. The fraction of sp³-hybridized carbons (Fsp3) is 0.154. The molecule has 8 nitrogen and oxygen atoms in total. The van der Waals surface area contributed by atoms with Gasteiger partial charge in [-0.3, -0.25) is 0 Å². The molecule has 0 aliphatic carbocycles. The van der Waals surface area contributed by atoms with Crippen LogP contribution in [-0.2, 0) is 58.1 Å². The molecule has 0 unspecified atom stereocenters. The van der Waals surface area contributed by atoms with Crippen LogP contribution in [0, 0.1) is 0 Å². The molecule has 4 rings (SSSR count). The Labute approximate surface area is 284 Å². The van der Waals surface area contributed by atoms with Gasteiger partial charge in [0.05, 0.1) is 0 Å². The number of fused-ring (bicyclic) bond motifs is 4. The normalized spacial score (nSPS) is 10.8. The molecule has 0 fully saturated rings. The molecule has 0 spiro atoms. The van der Waals surface area contributed by atoms with E-state index in [9.17, 15) is 52.7 Å². The van der Waals surface area contributed by atoms with Crippen molar-refractivity contribution in [2.45, 2.75) is 24.7 Å². The first-order valence-electron chi connectivity index (χ1n) is 11.1.